The van der Waals surface area contributed by atoms with Crippen LogP contribution < -0.4 is 10.1 Å². The molecule has 0 saturated heterocycles. The molecule has 0 bridgehead atoms. The number of carboxylic acids is 1. The Morgan fingerprint density at radius 3 is 2.64 bits per heavy atom. The van der Waals surface area contributed by atoms with Crippen molar-refractivity contribution in [1.29, 1.82) is 0 Å². The van der Waals surface area contributed by atoms with Crippen molar-refractivity contribution in [3.63, 3.8) is 0 Å². The van der Waals surface area contributed by atoms with Gasteiger partial charge in [-0.2, -0.15) is 0 Å². The zero-order chi connectivity index (χ0) is 15.9. The maximum atomic E-state index is 12.4. The maximum Gasteiger partial charge on any atom is 0.306 e. The number of benzene rings is 1. The van der Waals surface area contributed by atoms with E-state index in [1.165, 1.54) is 5.56 Å². The molecule has 0 spiro atoms. The Balaban J connectivity index is 1.68. The Morgan fingerprint density at radius 2 is 1.95 bits per heavy atom. The third-order valence-corrected chi connectivity index (χ3v) is 4.95. The van der Waals surface area contributed by atoms with Crippen molar-refractivity contribution in [3.8, 4) is 5.75 Å². The smallest absolute Gasteiger partial charge is 0.306 e. The van der Waals surface area contributed by atoms with Gasteiger partial charge in [0.05, 0.1) is 12.0 Å². The number of rotatable bonds is 3. The van der Waals surface area contributed by atoms with Crippen LogP contribution in [0, 0.1) is 25.7 Å². The highest BCUT2D eigenvalue weighted by Crippen LogP contribution is 2.37. The normalized spacial score (nSPS) is 26.4. The molecule has 0 aromatic heterocycles. The number of fused-ring (bicyclic) bond motifs is 1. The Hall–Kier alpha value is -2.04. The average molecular weight is 303 g/mol. The van der Waals surface area contributed by atoms with E-state index in [0.29, 0.717) is 25.9 Å². The van der Waals surface area contributed by atoms with Gasteiger partial charge in [-0.25, -0.2) is 0 Å². The second kappa shape index (κ2) is 5.63. The maximum absolute atomic E-state index is 12.4. The van der Waals surface area contributed by atoms with E-state index in [0.717, 1.165) is 16.9 Å². The van der Waals surface area contributed by atoms with Crippen molar-refractivity contribution < 1.29 is 19.4 Å². The molecule has 1 unspecified atom stereocenters. The van der Waals surface area contributed by atoms with Crippen LogP contribution in [0.3, 0.4) is 0 Å². The molecule has 0 radical (unpaired) electrons. The number of carbonyl (C=O) groups is 2. The lowest BCUT2D eigenvalue weighted by Gasteiger charge is -2.16. The van der Waals surface area contributed by atoms with E-state index >= 15 is 0 Å². The van der Waals surface area contributed by atoms with Crippen molar-refractivity contribution >= 4 is 11.9 Å². The monoisotopic (exact) mass is 303 g/mol. The molecule has 1 saturated carbocycles. The summed E-state index contributed by atoms with van der Waals surface area (Å²) in [4.78, 5) is 23.4. The number of amides is 1. The van der Waals surface area contributed by atoms with Gasteiger partial charge in [0, 0.05) is 11.5 Å². The molecule has 5 heteroatoms. The molecule has 22 heavy (non-hydrogen) atoms. The number of hydrogen-bond donors (Lipinski definition) is 2. The van der Waals surface area contributed by atoms with Crippen molar-refractivity contribution in [1.82, 2.24) is 5.32 Å². The molecule has 1 aromatic carbocycles. The Kier molecular flexibility index (Phi) is 3.81. The predicted octanol–water partition coefficient (Wildman–Crippen LogP) is 2.35. The first-order chi connectivity index (χ1) is 10.5. The molecule has 5 nitrogen and oxygen atoms in total. The molecule has 1 amide bonds. The van der Waals surface area contributed by atoms with E-state index in [-0.39, 0.29) is 23.8 Å². The Labute approximate surface area is 129 Å². The van der Waals surface area contributed by atoms with Crippen molar-refractivity contribution in [2.75, 3.05) is 6.61 Å². The van der Waals surface area contributed by atoms with Gasteiger partial charge in [0.2, 0.25) is 5.91 Å². The summed E-state index contributed by atoms with van der Waals surface area (Å²) >= 11 is 0. The first-order valence-corrected chi connectivity index (χ1v) is 7.73. The fourth-order valence-electron chi connectivity index (χ4n) is 3.39. The van der Waals surface area contributed by atoms with E-state index < -0.39 is 5.97 Å². The second-order valence-corrected chi connectivity index (χ2v) is 6.34. The highest BCUT2D eigenvalue weighted by molar-refractivity contribution is 5.81. The minimum atomic E-state index is -0.795. The summed E-state index contributed by atoms with van der Waals surface area (Å²) in [6.07, 6.45) is 1.67. The summed E-state index contributed by atoms with van der Waals surface area (Å²) in [5.74, 6) is -0.552. The predicted molar refractivity (Wildman–Crippen MR) is 80.8 cm³/mol. The Bertz CT molecular complexity index is 625. The van der Waals surface area contributed by atoms with Crippen LogP contribution in [0.1, 0.15) is 42.0 Å². The molecular formula is C17H21NO4. The Morgan fingerprint density at radius 1 is 1.23 bits per heavy atom. The molecule has 2 aliphatic rings. The highest BCUT2D eigenvalue weighted by atomic mass is 16.5. The summed E-state index contributed by atoms with van der Waals surface area (Å²) in [6.45, 7) is 4.50. The van der Waals surface area contributed by atoms with E-state index in [9.17, 15) is 9.59 Å². The highest BCUT2D eigenvalue weighted by Gasteiger charge is 2.36. The number of nitrogens with one attached hydrogen (secondary N) is 1. The molecule has 3 rings (SSSR count). The number of carbonyl (C=O) groups excluding carboxylic acids is 1. The topological polar surface area (TPSA) is 75.6 Å². The fraction of sp³-hybridized carbons (Fsp3) is 0.529. The number of hydrogen-bond acceptors (Lipinski definition) is 3. The summed E-state index contributed by atoms with van der Waals surface area (Å²) < 4.78 is 5.74. The van der Waals surface area contributed by atoms with E-state index in [1.54, 1.807) is 0 Å². The summed E-state index contributed by atoms with van der Waals surface area (Å²) in [5, 5.41) is 12.1. The summed E-state index contributed by atoms with van der Waals surface area (Å²) in [7, 11) is 0. The quantitative estimate of drug-likeness (QED) is 0.899. The molecule has 1 aromatic rings. The lowest BCUT2D eigenvalue weighted by atomic mass is 10.00. The molecular weight excluding hydrogens is 282 g/mol. The summed E-state index contributed by atoms with van der Waals surface area (Å²) in [6, 6.07) is 3.91. The fourth-order valence-corrected chi connectivity index (χ4v) is 3.39. The van der Waals surface area contributed by atoms with Gasteiger partial charge < -0.3 is 15.2 Å². The van der Waals surface area contributed by atoms with Crippen LogP contribution in [0.25, 0.3) is 0 Å². The molecule has 1 aliphatic carbocycles. The standard InChI is InChI=1S/C17H21NO4/c1-9-3-6-13-14(8-22-15(13)10(9)2)18-16(19)11-4-5-12(7-11)17(20)21/h3,6,11-12,14H,4-5,7-8H2,1-2H3,(H,18,19)(H,20,21)/t11-,12+,14?/m1/s1. The third-order valence-electron chi connectivity index (χ3n) is 4.95. The van der Waals surface area contributed by atoms with Gasteiger partial charge in [0.15, 0.2) is 0 Å². The van der Waals surface area contributed by atoms with Gasteiger partial charge >= 0.3 is 5.97 Å². The lowest BCUT2D eigenvalue weighted by molar-refractivity contribution is -0.141. The van der Waals surface area contributed by atoms with Crippen molar-refractivity contribution in [2.45, 2.75) is 39.2 Å². The van der Waals surface area contributed by atoms with Crippen molar-refractivity contribution in [2.24, 2.45) is 11.8 Å². The number of carboxylic acid groups (broad SMARTS) is 1. The number of aliphatic carboxylic acids is 1. The SMILES string of the molecule is Cc1ccc2c(c1C)OCC2NC(=O)[C@@H]1CC[C@H](C(=O)O)C1. The molecule has 1 fully saturated rings. The molecule has 1 heterocycles. The molecule has 3 atom stereocenters. The van der Waals surface area contributed by atoms with Gasteiger partial charge in [0.1, 0.15) is 12.4 Å². The minimum Gasteiger partial charge on any atom is -0.490 e. The van der Waals surface area contributed by atoms with Gasteiger partial charge in [-0.3, -0.25) is 9.59 Å². The minimum absolute atomic E-state index is 0.0524. The molecule has 1 aliphatic heterocycles. The van der Waals surface area contributed by atoms with Crippen LogP contribution in [0.15, 0.2) is 12.1 Å². The van der Waals surface area contributed by atoms with Crippen LogP contribution in [0.5, 0.6) is 5.75 Å². The number of ether oxygens (including phenoxy) is 1. The van der Waals surface area contributed by atoms with Gasteiger partial charge in [-0.1, -0.05) is 12.1 Å². The second-order valence-electron chi connectivity index (χ2n) is 6.34. The van der Waals surface area contributed by atoms with Gasteiger partial charge in [-0.15, -0.1) is 0 Å². The first kappa shape index (κ1) is 14.9. The molecule has 2 N–H and O–H groups in total. The largest absolute Gasteiger partial charge is 0.490 e. The zero-order valence-electron chi connectivity index (χ0n) is 12.9. The van der Waals surface area contributed by atoms with Crippen LogP contribution in [0.2, 0.25) is 0 Å². The van der Waals surface area contributed by atoms with E-state index in [1.807, 2.05) is 26.0 Å². The van der Waals surface area contributed by atoms with Crippen molar-refractivity contribution in [3.05, 3.63) is 28.8 Å². The van der Waals surface area contributed by atoms with Crippen LogP contribution in [0.4, 0.5) is 0 Å². The van der Waals surface area contributed by atoms with Gasteiger partial charge in [-0.05, 0) is 44.2 Å². The van der Waals surface area contributed by atoms with Crippen LogP contribution in [-0.2, 0) is 9.59 Å². The van der Waals surface area contributed by atoms with Crippen LogP contribution in [-0.4, -0.2) is 23.6 Å². The lowest BCUT2D eigenvalue weighted by Crippen LogP contribution is -2.34. The van der Waals surface area contributed by atoms with E-state index in [2.05, 4.69) is 5.32 Å². The zero-order valence-corrected chi connectivity index (χ0v) is 12.9. The van der Waals surface area contributed by atoms with Gasteiger partial charge in [0.25, 0.3) is 0 Å². The average Bonchev–Trinajstić information content (AvgIpc) is 3.10. The van der Waals surface area contributed by atoms with Crippen LogP contribution >= 0.6 is 0 Å². The third kappa shape index (κ3) is 2.56. The molecule has 118 valence electrons. The summed E-state index contributed by atoms with van der Waals surface area (Å²) in [5.41, 5.74) is 3.30. The number of aryl methyl sites for hydroxylation is 1. The van der Waals surface area contributed by atoms with E-state index in [4.69, 9.17) is 9.84 Å². The first-order valence-electron chi connectivity index (χ1n) is 7.73.